The molecule has 25 heavy (non-hydrogen) atoms. The van der Waals surface area contributed by atoms with E-state index in [1.165, 1.54) is 0 Å². The van der Waals surface area contributed by atoms with E-state index in [0.717, 1.165) is 22.3 Å². The van der Waals surface area contributed by atoms with Crippen LogP contribution in [0.4, 0.5) is 0 Å². The molecule has 2 nitrogen and oxygen atoms in total. The Balaban J connectivity index is 2.10. The minimum atomic E-state index is -0.576. The van der Waals surface area contributed by atoms with Gasteiger partial charge < -0.3 is 5.73 Å². The fourth-order valence-electron chi connectivity index (χ4n) is 2.86. The number of hydrogen-bond acceptors (Lipinski definition) is 1. The summed E-state index contributed by atoms with van der Waals surface area (Å²) in [5.41, 5.74) is 9.86. The number of amides is 1. The standard InChI is InChI=1S/C21H17Cl2NO/c22-19-17(12-15-9-5-2-6-10-15)16(11-14-7-3-1-4-8-14)13-18(20(19)23)21(24)25/h1-10,13H,11-12H2,(H2,24,25). The van der Waals surface area contributed by atoms with Crippen molar-refractivity contribution >= 4 is 29.1 Å². The molecule has 0 bridgehead atoms. The number of hydrogen-bond donors (Lipinski definition) is 1. The van der Waals surface area contributed by atoms with Gasteiger partial charge in [0.1, 0.15) is 0 Å². The highest BCUT2D eigenvalue weighted by molar-refractivity contribution is 6.44. The van der Waals surface area contributed by atoms with Gasteiger partial charge in [-0.15, -0.1) is 0 Å². The van der Waals surface area contributed by atoms with Crippen molar-refractivity contribution < 1.29 is 4.79 Å². The summed E-state index contributed by atoms with van der Waals surface area (Å²) in [4.78, 5) is 11.7. The van der Waals surface area contributed by atoms with Gasteiger partial charge in [0.2, 0.25) is 5.91 Å². The second-order valence-electron chi connectivity index (χ2n) is 5.88. The predicted molar refractivity (Wildman–Crippen MR) is 103 cm³/mol. The van der Waals surface area contributed by atoms with Crippen LogP contribution in [0.25, 0.3) is 0 Å². The number of rotatable bonds is 5. The van der Waals surface area contributed by atoms with E-state index in [1.54, 1.807) is 6.07 Å². The second kappa shape index (κ2) is 7.73. The summed E-state index contributed by atoms with van der Waals surface area (Å²) >= 11 is 12.8. The molecule has 0 fully saturated rings. The molecule has 0 aliphatic heterocycles. The Labute approximate surface area is 157 Å². The molecule has 126 valence electrons. The normalized spacial score (nSPS) is 10.6. The van der Waals surface area contributed by atoms with Crippen LogP contribution >= 0.6 is 23.2 Å². The smallest absolute Gasteiger partial charge is 0.250 e. The molecule has 4 heteroatoms. The van der Waals surface area contributed by atoms with Gasteiger partial charge in [0.15, 0.2) is 0 Å². The summed E-state index contributed by atoms with van der Waals surface area (Å²) in [7, 11) is 0. The van der Waals surface area contributed by atoms with Crippen molar-refractivity contribution in [3.8, 4) is 0 Å². The first-order chi connectivity index (χ1) is 12.1. The Morgan fingerprint density at radius 2 is 1.32 bits per heavy atom. The van der Waals surface area contributed by atoms with E-state index in [1.807, 2.05) is 60.7 Å². The Bertz CT molecular complexity index is 893. The summed E-state index contributed by atoms with van der Waals surface area (Å²) < 4.78 is 0. The first kappa shape index (κ1) is 17.5. The lowest BCUT2D eigenvalue weighted by Gasteiger charge is -2.16. The number of carbonyl (C=O) groups is 1. The van der Waals surface area contributed by atoms with E-state index < -0.39 is 5.91 Å². The first-order valence-electron chi connectivity index (χ1n) is 7.93. The van der Waals surface area contributed by atoms with Gasteiger partial charge in [0.05, 0.1) is 15.6 Å². The fourth-order valence-corrected chi connectivity index (χ4v) is 3.41. The van der Waals surface area contributed by atoms with Crippen molar-refractivity contribution in [2.24, 2.45) is 5.73 Å². The first-order valence-corrected chi connectivity index (χ1v) is 8.69. The van der Waals surface area contributed by atoms with Crippen molar-refractivity contribution in [1.82, 2.24) is 0 Å². The van der Waals surface area contributed by atoms with Gasteiger partial charge in [-0.1, -0.05) is 83.9 Å². The lowest BCUT2D eigenvalue weighted by Crippen LogP contribution is -2.14. The van der Waals surface area contributed by atoms with Crippen LogP contribution in [-0.4, -0.2) is 5.91 Å². The third-order valence-electron chi connectivity index (χ3n) is 4.13. The summed E-state index contributed by atoms with van der Waals surface area (Å²) in [5, 5.41) is 0.615. The molecule has 0 aromatic heterocycles. The van der Waals surface area contributed by atoms with Crippen LogP contribution in [0.3, 0.4) is 0 Å². The Morgan fingerprint density at radius 1 is 0.800 bits per heavy atom. The SMILES string of the molecule is NC(=O)c1cc(Cc2ccccc2)c(Cc2ccccc2)c(Cl)c1Cl. The molecule has 3 rings (SSSR count). The summed E-state index contributed by atoms with van der Waals surface area (Å²) in [5.74, 6) is -0.576. The molecule has 0 aliphatic rings. The Kier molecular flexibility index (Phi) is 5.42. The highest BCUT2D eigenvalue weighted by Crippen LogP contribution is 2.34. The molecule has 0 saturated carbocycles. The average Bonchev–Trinajstić information content (AvgIpc) is 2.62. The van der Waals surface area contributed by atoms with Gasteiger partial charge in [-0.2, -0.15) is 0 Å². The van der Waals surface area contributed by atoms with Gasteiger partial charge in [0, 0.05) is 0 Å². The van der Waals surface area contributed by atoms with Gasteiger partial charge in [0.25, 0.3) is 0 Å². The lowest BCUT2D eigenvalue weighted by molar-refractivity contribution is 0.100. The molecule has 0 heterocycles. The number of primary amides is 1. The molecule has 3 aromatic rings. The molecule has 2 N–H and O–H groups in total. The van der Waals surface area contributed by atoms with Crippen molar-refractivity contribution in [3.63, 3.8) is 0 Å². The summed E-state index contributed by atoms with van der Waals surface area (Å²) in [6.07, 6.45) is 1.29. The maximum absolute atomic E-state index is 11.7. The molecule has 0 saturated heterocycles. The third kappa shape index (κ3) is 4.04. The quantitative estimate of drug-likeness (QED) is 0.653. The monoisotopic (exact) mass is 369 g/mol. The van der Waals surface area contributed by atoms with Crippen molar-refractivity contribution in [3.05, 3.63) is 105 Å². The predicted octanol–water partition coefficient (Wildman–Crippen LogP) is 5.27. The average molecular weight is 370 g/mol. The lowest BCUT2D eigenvalue weighted by atomic mass is 9.93. The summed E-state index contributed by atoms with van der Waals surface area (Å²) in [6, 6.07) is 21.8. The van der Waals surface area contributed by atoms with Crippen LogP contribution in [0, 0.1) is 0 Å². The van der Waals surface area contributed by atoms with E-state index in [2.05, 4.69) is 0 Å². The maximum atomic E-state index is 11.7. The van der Waals surface area contributed by atoms with E-state index >= 15 is 0 Å². The molecule has 0 aliphatic carbocycles. The van der Waals surface area contributed by atoms with Gasteiger partial charge in [-0.3, -0.25) is 4.79 Å². The Hall–Kier alpha value is -2.29. The van der Waals surface area contributed by atoms with Crippen LogP contribution in [0.15, 0.2) is 66.7 Å². The van der Waals surface area contributed by atoms with Crippen molar-refractivity contribution in [2.75, 3.05) is 0 Å². The molecule has 0 spiro atoms. The molecular formula is C21H17Cl2NO. The van der Waals surface area contributed by atoms with Gasteiger partial charge in [-0.05, 0) is 41.2 Å². The van der Waals surface area contributed by atoms with E-state index in [-0.39, 0.29) is 10.6 Å². The number of carbonyl (C=O) groups excluding carboxylic acids is 1. The largest absolute Gasteiger partial charge is 0.366 e. The minimum Gasteiger partial charge on any atom is -0.366 e. The van der Waals surface area contributed by atoms with Crippen molar-refractivity contribution in [2.45, 2.75) is 12.8 Å². The topological polar surface area (TPSA) is 43.1 Å². The maximum Gasteiger partial charge on any atom is 0.250 e. The highest BCUT2D eigenvalue weighted by atomic mass is 35.5. The molecule has 1 amide bonds. The van der Waals surface area contributed by atoms with E-state index in [4.69, 9.17) is 28.9 Å². The summed E-state index contributed by atoms with van der Waals surface area (Å²) in [6.45, 7) is 0. The third-order valence-corrected chi connectivity index (χ3v) is 5.03. The van der Waals surface area contributed by atoms with Crippen LogP contribution in [-0.2, 0) is 12.8 Å². The highest BCUT2D eigenvalue weighted by Gasteiger charge is 2.19. The van der Waals surface area contributed by atoms with Crippen LogP contribution in [0.1, 0.15) is 32.6 Å². The molecule has 0 radical (unpaired) electrons. The molecular weight excluding hydrogens is 353 g/mol. The second-order valence-corrected chi connectivity index (χ2v) is 6.63. The van der Waals surface area contributed by atoms with E-state index in [9.17, 15) is 4.79 Å². The fraction of sp³-hybridized carbons (Fsp3) is 0.0952. The minimum absolute atomic E-state index is 0.219. The molecule has 3 aromatic carbocycles. The van der Waals surface area contributed by atoms with E-state index in [0.29, 0.717) is 17.9 Å². The van der Waals surface area contributed by atoms with Gasteiger partial charge in [-0.25, -0.2) is 0 Å². The zero-order valence-electron chi connectivity index (χ0n) is 13.5. The Morgan fingerprint density at radius 3 is 1.84 bits per heavy atom. The number of benzene rings is 3. The van der Waals surface area contributed by atoms with Crippen LogP contribution < -0.4 is 5.73 Å². The van der Waals surface area contributed by atoms with Crippen LogP contribution in [0.2, 0.25) is 10.0 Å². The zero-order valence-corrected chi connectivity index (χ0v) is 15.0. The van der Waals surface area contributed by atoms with Crippen molar-refractivity contribution in [1.29, 1.82) is 0 Å². The zero-order chi connectivity index (χ0) is 17.8. The molecule has 0 atom stereocenters. The van der Waals surface area contributed by atoms with Crippen LogP contribution in [0.5, 0.6) is 0 Å². The van der Waals surface area contributed by atoms with Gasteiger partial charge >= 0.3 is 0 Å². The number of halogens is 2. The molecule has 0 unspecified atom stereocenters. The number of nitrogens with two attached hydrogens (primary N) is 1.